The number of anilines is 3. The van der Waals surface area contributed by atoms with E-state index in [1.165, 1.54) is 0 Å². The Labute approximate surface area is 146 Å². The number of hydrogen-bond donors (Lipinski definition) is 2. The molecule has 0 saturated heterocycles. The Balaban J connectivity index is 1.53. The van der Waals surface area contributed by atoms with E-state index in [4.69, 9.17) is 9.47 Å². The van der Waals surface area contributed by atoms with Crippen LogP contribution in [0.15, 0.2) is 30.3 Å². The first-order chi connectivity index (χ1) is 12.1. The van der Waals surface area contributed by atoms with Crippen LogP contribution in [0.3, 0.4) is 0 Å². The van der Waals surface area contributed by atoms with Crippen molar-refractivity contribution >= 4 is 23.1 Å². The monoisotopic (exact) mass is 339 g/mol. The summed E-state index contributed by atoms with van der Waals surface area (Å²) >= 11 is 0. The molecule has 2 N–H and O–H groups in total. The SMILES string of the molecule is CN(C)c1ccc(NC(=O)Nc2c3c(cc4c2OCC4)OCC3)cc1. The lowest BCUT2D eigenvalue weighted by atomic mass is 10.0. The molecule has 2 aliphatic heterocycles. The first-order valence-electron chi connectivity index (χ1n) is 8.41. The number of benzene rings is 2. The minimum atomic E-state index is -0.282. The lowest BCUT2D eigenvalue weighted by molar-refractivity contribution is 0.262. The summed E-state index contributed by atoms with van der Waals surface area (Å²) < 4.78 is 11.4. The van der Waals surface area contributed by atoms with E-state index in [1.807, 2.05) is 49.3 Å². The van der Waals surface area contributed by atoms with Crippen molar-refractivity contribution < 1.29 is 14.3 Å². The number of fused-ring (bicyclic) bond motifs is 2. The molecular formula is C19H21N3O3. The second kappa shape index (κ2) is 6.20. The first kappa shape index (κ1) is 15.6. The number of hydrogen-bond acceptors (Lipinski definition) is 4. The predicted octanol–water partition coefficient (Wildman–Crippen LogP) is 3.27. The Morgan fingerprint density at radius 3 is 2.56 bits per heavy atom. The molecular weight excluding hydrogens is 318 g/mol. The van der Waals surface area contributed by atoms with Gasteiger partial charge in [0.25, 0.3) is 0 Å². The summed E-state index contributed by atoms with van der Waals surface area (Å²) in [5.74, 6) is 1.64. The van der Waals surface area contributed by atoms with Crippen molar-refractivity contribution in [2.75, 3.05) is 42.8 Å². The Morgan fingerprint density at radius 1 is 1.04 bits per heavy atom. The zero-order valence-electron chi connectivity index (χ0n) is 14.4. The van der Waals surface area contributed by atoms with E-state index in [0.29, 0.717) is 13.2 Å². The Morgan fingerprint density at radius 2 is 1.80 bits per heavy atom. The zero-order valence-corrected chi connectivity index (χ0v) is 14.4. The van der Waals surface area contributed by atoms with Crippen LogP contribution in [0.4, 0.5) is 21.9 Å². The summed E-state index contributed by atoms with van der Waals surface area (Å²) in [7, 11) is 3.96. The smallest absolute Gasteiger partial charge is 0.323 e. The van der Waals surface area contributed by atoms with Crippen molar-refractivity contribution in [1.29, 1.82) is 0 Å². The quantitative estimate of drug-likeness (QED) is 0.901. The van der Waals surface area contributed by atoms with Crippen LogP contribution < -0.4 is 25.0 Å². The van der Waals surface area contributed by atoms with E-state index >= 15 is 0 Å². The highest BCUT2D eigenvalue weighted by Gasteiger charge is 2.27. The average molecular weight is 339 g/mol. The molecule has 0 bridgehead atoms. The molecule has 4 rings (SSSR count). The minimum Gasteiger partial charge on any atom is -0.493 e. The molecule has 6 heteroatoms. The highest BCUT2D eigenvalue weighted by Crippen LogP contribution is 2.44. The van der Waals surface area contributed by atoms with Crippen molar-refractivity contribution in [2.45, 2.75) is 12.8 Å². The number of carbonyl (C=O) groups is 1. The van der Waals surface area contributed by atoms with Gasteiger partial charge in [0.05, 0.1) is 18.9 Å². The van der Waals surface area contributed by atoms with E-state index in [2.05, 4.69) is 10.6 Å². The predicted molar refractivity (Wildman–Crippen MR) is 98.3 cm³/mol. The van der Waals surface area contributed by atoms with Crippen LogP contribution in [0.1, 0.15) is 11.1 Å². The van der Waals surface area contributed by atoms with Crippen molar-refractivity contribution in [1.82, 2.24) is 0 Å². The molecule has 0 saturated carbocycles. The molecule has 0 aromatic heterocycles. The zero-order chi connectivity index (χ0) is 17.4. The highest BCUT2D eigenvalue weighted by atomic mass is 16.5. The van der Waals surface area contributed by atoms with Gasteiger partial charge in [-0.15, -0.1) is 0 Å². The third-order valence-electron chi connectivity index (χ3n) is 4.53. The summed E-state index contributed by atoms with van der Waals surface area (Å²) in [4.78, 5) is 14.5. The minimum absolute atomic E-state index is 0.282. The van der Waals surface area contributed by atoms with E-state index in [-0.39, 0.29) is 6.03 Å². The van der Waals surface area contributed by atoms with Crippen LogP contribution >= 0.6 is 0 Å². The highest BCUT2D eigenvalue weighted by molar-refractivity contribution is 6.02. The average Bonchev–Trinajstić information content (AvgIpc) is 3.24. The lowest BCUT2D eigenvalue weighted by Gasteiger charge is -2.15. The van der Waals surface area contributed by atoms with Crippen LogP contribution in [-0.4, -0.2) is 33.3 Å². The largest absolute Gasteiger partial charge is 0.493 e. The second-order valence-electron chi connectivity index (χ2n) is 6.43. The summed E-state index contributed by atoms with van der Waals surface area (Å²) in [6.45, 7) is 1.28. The van der Waals surface area contributed by atoms with E-state index in [1.54, 1.807) is 0 Å². The topological polar surface area (TPSA) is 62.8 Å². The van der Waals surface area contributed by atoms with Crippen LogP contribution in [-0.2, 0) is 12.8 Å². The van der Waals surface area contributed by atoms with Gasteiger partial charge in [-0.3, -0.25) is 0 Å². The maximum atomic E-state index is 12.5. The van der Waals surface area contributed by atoms with Gasteiger partial charge >= 0.3 is 6.03 Å². The Hall–Kier alpha value is -2.89. The van der Waals surface area contributed by atoms with E-state index in [9.17, 15) is 4.79 Å². The maximum Gasteiger partial charge on any atom is 0.323 e. The van der Waals surface area contributed by atoms with Gasteiger partial charge in [0.2, 0.25) is 0 Å². The van der Waals surface area contributed by atoms with Gasteiger partial charge in [-0.2, -0.15) is 0 Å². The van der Waals surface area contributed by atoms with Gasteiger partial charge in [0, 0.05) is 49.4 Å². The molecule has 25 heavy (non-hydrogen) atoms. The molecule has 2 aromatic rings. The first-order valence-corrected chi connectivity index (χ1v) is 8.41. The van der Waals surface area contributed by atoms with Crippen LogP contribution in [0.2, 0.25) is 0 Å². The van der Waals surface area contributed by atoms with Crippen molar-refractivity contribution in [3.63, 3.8) is 0 Å². The van der Waals surface area contributed by atoms with Crippen molar-refractivity contribution in [3.8, 4) is 11.5 Å². The molecule has 0 atom stereocenters. The van der Waals surface area contributed by atoms with Gasteiger partial charge in [0.15, 0.2) is 0 Å². The maximum absolute atomic E-state index is 12.5. The van der Waals surface area contributed by atoms with Gasteiger partial charge < -0.3 is 25.0 Å². The molecule has 2 aromatic carbocycles. The molecule has 0 aliphatic carbocycles. The molecule has 2 heterocycles. The number of carbonyl (C=O) groups excluding carboxylic acids is 1. The third-order valence-corrected chi connectivity index (χ3v) is 4.53. The van der Waals surface area contributed by atoms with Crippen molar-refractivity contribution in [3.05, 3.63) is 41.5 Å². The van der Waals surface area contributed by atoms with Crippen LogP contribution in [0.25, 0.3) is 0 Å². The van der Waals surface area contributed by atoms with E-state index < -0.39 is 0 Å². The van der Waals surface area contributed by atoms with E-state index in [0.717, 1.165) is 52.5 Å². The molecule has 0 unspecified atom stereocenters. The molecule has 2 amide bonds. The van der Waals surface area contributed by atoms with Gasteiger partial charge in [-0.05, 0) is 30.3 Å². The summed E-state index contributed by atoms with van der Waals surface area (Å²) in [5.41, 5.74) is 4.66. The molecule has 130 valence electrons. The number of nitrogens with zero attached hydrogens (tertiary/aromatic N) is 1. The number of urea groups is 1. The van der Waals surface area contributed by atoms with Gasteiger partial charge in [0.1, 0.15) is 11.5 Å². The summed E-state index contributed by atoms with van der Waals surface area (Å²) in [6, 6.07) is 9.45. The number of nitrogens with one attached hydrogen (secondary N) is 2. The molecule has 0 spiro atoms. The summed E-state index contributed by atoms with van der Waals surface area (Å²) in [5, 5.41) is 5.84. The number of amides is 2. The Bertz CT molecular complexity index is 783. The number of rotatable bonds is 3. The van der Waals surface area contributed by atoms with Crippen LogP contribution in [0.5, 0.6) is 11.5 Å². The van der Waals surface area contributed by atoms with Crippen molar-refractivity contribution in [2.24, 2.45) is 0 Å². The molecule has 6 nitrogen and oxygen atoms in total. The fraction of sp³-hybridized carbons (Fsp3) is 0.316. The lowest BCUT2D eigenvalue weighted by Crippen LogP contribution is -2.20. The second-order valence-corrected chi connectivity index (χ2v) is 6.43. The van der Waals surface area contributed by atoms with Gasteiger partial charge in [-0.1, -0.05) is 0 Å². The Kier molecular flexibility index (Phi) is 3.87. The molecule has 0 radical (unpaired) electrons. The van der Waals surface area contributed by atoms with Crippen LogP contribution in [0, 0.1) is 0 Å². The standard InChI is InChI=1S/C19H21N3O3/c1-22(2)14-5-3-13(4-6-14)20-19(23)21-17-15-8-10-24-16(15)11-12-7-9-25-18(12)17/h3-6,11H,7-10H2,1-2H3,(H2,20,21,23). The third kappa shape index (κ3) is 2.95. The summed E-state index contributed by atoms with van der Waals surface area (Å²) in [6.07, 6.45) is 1.62. The number of ether oxygens (including phenoxy) is 2. The fourth-order valence-corrected chi connectivity index (χ4v) is 3.24. The normalized spacial score (nSPS) is 14.2. The molecule has 0 fully saturated rings. The fourth-order valence-electron chi connectivity index (χ4n) is 3.24. The molecule has 2 aliphatic rings. The van der Waals surface area contributed by atoms with Gasteiger partial charge in [-0.25, -0.2) is 4.79 Å².